The molecule has 124 valence electrons. The van der Waals surface area contributed by atoms with Gasteiger partial charge in [0.05, 0.1) is 5.54 Å². The first-order valence-electron chi connectivity index (χ1n) is 8.85. The number of fused-ring (bicyclic) bond motifs is 2. The maximum atomic E-state index is 12.6. The molecule has 0 atom stereocenters. The second-order valence-electron chi connectivity index (χ2n) is 7.02. The molecule has 0 bridgehead atoms. The Hall–Kier alpha value is -2.13. The summed E-state index contributed by atoms with van der Waals surface area (Å²) in [4.78, 5) is 17.1. The zero-order valence-electron chi connectivity index (χ0n) is 14.2. The molecule has 0 saturated carbocycles. The van der Waals surface area contributed by atoms with Crippen LogP contribution in [0.5, 0.6) is 0 Å². The fraction of sp³-hybridized carbons (Fsp3) is 0.381. The predicted octanol–water partition coefficient (Wildman–Crippen LogP) is 3.31. The van der Waals surface area contributed by atoms with Crippen LogP contribution in [0.25, 0.3) is 0 Å². The predicted molar refractivity (Wildman–Crippen MR) is 96.0 cm³/mol. The first-order chi connectivity index (χ1) is 11.7. The van der Waals surface area contributed by atoms with Gasteiger partial charge in [0.15, 0.2) is 0 Å². The average Bonchev–Trinajstić information content (AvgIpc) is 2.85. The molecule has 0 aliphatic carbocycles. The van der Waals surface area contributed by atoms with Crippen LogP contribution in [0.1, 0.15) is 34.3 Å². The molecule has 1 fully saturated rings. The monoisotopic (exact) mass is 320 g/mol. The number of hydrogen-bond acceptors (Lipinski definition) is 2. The molecule has 0 radical (unpaired) electrons. The molecular formula is C21H24N2O. The second kappa shape index (κ2) is 6.06. The normalized spacial score (nSPS) is 19.7. The Morgan fingerprint density at radius 1 is 0.958 bits per heavy atom. The highest BCUT2D eigenvalue weighted by Crippen LogP contribution is 2.45. The molecule has 0 N–H and O–H groups in total. The molecule has 24 heavy (non-hydrogen) atoms. The van der Waals surface area contributed by atoms with Crippen molar-refractivity contribution >= 4 is 5.91 Å². The fourth-order valence-corrected chi connectivity index (χ4v) is 4.31. The van der Waals surface area contributed by atoms with Crippen molar-refractivity contribution in [3.05, 3.63) is 71.3 Å². The minimum Gasteiger partial charge on any atom is -0.332 e. The Labute approximate surface area is 143 Å². The van der Waals surface area contributed by atoms with Crippen LogP contribution in [0.2, 0.25) is 0 Å². The van der Waals surface area contributed by atoms with Crippen LogP contribution in [-0.4, -0.2) is 42.4 Å². The van der Waals surface area contributed by atoms with E-state index in [0.717, 1.165) is 44.5 Å². The van der Waals surface area contributed by atoms with E-state index in [-0.39, 0.29) is 11.4 Å². The summed E-state index contributed by atoms with van der Waals surface area (Å²) in [5.74, 6) is 0.184. The number of carbonyl (C=O) groups is 1. The van der Waals surface area contributed by atoms with Crippen LogP contribution >= 0.6 is 0 Å². The molecule has 2 heterocycles. The van der Waals surface area contributed by atoms with Crippen LogP contribution in [0.15, 0.2) is 54.6 Å². The lowest BCUT2D eigenvalue weighted by molar-refractivity contribution is 0.0384. The smallest absolute Gasteiger partial charge is 0.254 e. The zero-order valence-corrected chi connectivity index (χ0v) is 14.2. The average molecular weight is 320 g/mol. The van der Waals surface area contributed by atoms with E-state index in [0.29, 0.717) is 0 Å². The van der Waals surface area contributed by atoms with E-state index in [4.69, 9.17) is 0 Å². The molecule has 4 rings (SSSR count). The largest absolute Gasteiger partial charge is 0.332 e. The molecule has 2 aliphatic rings. The van der Waals surface area contributed by atoms with Crippen LogP contribution in [-0.2, 0) is 12.0 Å². The summed E-state index contributed by atoms with van der Waals surface area (Å²) in [5, 5.41) is 0. The highest BCUT2D eigenvalue weighted by molar-refractivity contribution is 5.99. The van der Waals surface area contributed by atoms with Gasteiger partial charge in [0, 0.05) is 32.2 Å². The SMILES string of the molecule is CN1C(=O)c2ccccc2C12CCN(CCc1ccccc1)CC2. The van der Waals surface area contributed by atoms with Crippen LogP contribution in [0.3, 0.4) is 0 Å². The van der Waals surface area contributed by atoms with Crippen molar-refractivity contribution in [2.75, 3.05) is 26.7 Å². The van der Waals surface area contributed by atoms with Gasteiger partial charge in [0.25, 0.3) is 5.91 Å². The van der Waals surface area contributed by atoms with Gasteiger partial charge in [-0.2, -0.15) is 0 Å². The van der Waals surface area contributed by atoms with Gasteiger partial charge in [-0.25, -0.2) is 0 Å². The van der Waals surface area contributed by atoms with Gasteiger partial charge in [-0.05, 0) is 36.5 Å². The molecule has 1 amide bonds. The number of amides is 1. The summed E-state index contributed by atoms with van der Waals surface area (Å²) in [5.41, 5.74) is 3.45. The van der Waals surface area contributed by atoms with E-state index in [1.165, 1.54) is 11.1 Å². The van der Waals surface area contributed by atoms with Gasteiger partial charge in [0.2, 0.25) is 0 Å². The van der Waals surface area contributed by atoms with E-state index in [1.54, 1.807) is 0 Å². The number of carbonyl (C=O) groups excluding carboxylic acids is 1. The third-order valence-corrected chi connectivity index (χ3v) is 5.85. The molecule has 2 aromatic carbocycles. The first kappa shape index (κ1) is 15.4. The summed E-state index contributed by atoms with van der Waals surface area (Å²) in [6, 6.07) is 18.8. The number of likely N-dealkylation sites (tertiary alicyclic amines) is 1. The quantitative estimate of drug-likeness (QED) is 0.866. The lowest BCUT2D eigenvalue weighted by Crippen LogP contribution is -2.50. The van der Waals surface area contributed by atoms with Gasteiger partial charge in [-0.3, -0.25) is 4.79 Å². The van der Waals surface area contributed by atoms with Crippen molar-refractivity contribution < 1.29 is 4.79 Å². The van der Waals surface area contributed by atoms with Gasteiger partial charge < -0.3 is 9.80 Å². The molecule has 2 aromatic rings. The van der Waals surface area contributed by atoms with Crippen molar-refractivity contribution in [2.45, 2.75) is 24.8 Å². The number of nitrogens with zero attached hydrogens (tertiary/aromatic N) is 2. The maximum absolute atomic E-state index is 12.6. The Bertz CT molecular complexity index is 733. The highest BCUT2D eigenvalue weighted by Gasteiger charge is 2.48. The highest BCUT2D eigenvalue weighted by atomic mass is 16.2. The van der Waals surface area contributed by atoms with Crippen molar-refractivity contribution in [1.29, 1.82) is 0 Å². The van der Waals surface area contributed by atoms with Crippen LogP contribution in [0, 0.1) is 0 Å². The summed E-state index contributed by atoms with van der Waals surface area (Å²) >= 11 is 0. The lowest BCUT2D eigenvalue weighted by atomic mass is 9.81. The Morgan fingerprint density at radius 3 is 2.38 bits per heavy atom. The third-order valence-electron chi connectivity index (χ3n) is 5.85. The molecule has 3 nitrogen and oxygen atoms in total. The van der Waals surface area contributed by atoms with Gasteiger partial charge in [-0.15, -0.1) is 0 Å². The van der Waals surface area contributed by atoms with E-state index < -0.39 is 0 Å². The minimum atomic E-state index is -0.0864. The van der Waals surface area contributed by atoms with Crippen molar-refractivity contribution in [3.63, 3.8) is 0 Å². The van der Waals surface area contributed by atoms with E-state index in [9.17, 15) is 4.79 Å². The van der Waals surface area contributed by atoms with E-state index in [2.05, 4.69) is 47.4 Å². The number of rotatable bonds is 3. The van der Waals surface area contributed by atoms with Crippen molar-refractivity contribution in [1.82, 2.24) is 9.80 Å². The summed E-state index contributed by atoms with van der Waals surface area (Å²) in [7, 11) is 1.97. The summed E-state index contributed by atoms with van der Waals surface area (Å²) in [6.07, 6.45) is 3.15. The molecular weight excluding hydrogens is 296 g/mol. The standard InChI is InChI=1S/C21H24N2O/c1-22-20(24)18-9-5-6-10-19(18)21(22)12-15-23(16-13-21)14-11-17-7-3-2-4-8-17/h2-10H,11-16H2,1H3. The summed E-state index contributed by atoms with van der Waals surface area (Å²) < 4.78 is 0. The van der Waals surface area contributed by atoms with Crippen molar-refractivity contribution in [2.24, 2.45) is 0 Å². The Morgan fingerprint density at radius 2 is 1.62 bits per heavy atom. The molecule has 1 spiro atoms. The van der Waals surface area contributed by atoms with Gasteiger partial charge in [0.1, 0.15) is 0 Å². The van der Waals surface area contributed by atoms with Crippen LogP contribution < -0.4 is 0 Å². The second-order valence-corrected chi connectivity index (χ2v) is 7.02. The number of benzene rings is 2. The fourth-order valence-electron chi connectivity index (χ4n) is 4.31. The Balaban J connectivity index is 1.45. The van der Waals surface area contributed by atoms with Crippen LogP contribution in [0.4, 0.5) is 0 Å². The molecule has 0 unspecified atom stereocenters. The summed E-state index contributed by atoms with van der Waals surface area (Å²) in [6.45, 7) is 3.21. The topological polar surface area (TPSA) is 23.6 Å². The van der Waals surface area contributed by atoms with Gasteiger partial charge in [-0.1, -0.05) is 48.5 Å². The zero-order chi connectivity index (χ0) is 16.6. The Kier molecular flexibility index (Phi) is 3.89. The van der Waals surface area contributed by atoms with E-state index in [1.807, 2.05) is 24.1 Å². The first-order valence-corrected chi connectivity index (χ1v) is 8.85. The molecule has 1 saturated heterocycles. The third kappa shape index (κ3) is 2.44. The minimum absolute atomic E-state index is 0.0864. The van der Waals surface area contributed by atoms with E-state index >= 15 is 0 Å². The molecule has 3 heteroatoms. The maximum Gasteiger partial charge on any atom is 0.254 e. The lowest BCUT2D eigenvalue weighted by Gasteiger charge is -2.44. The van der Waals surface area contributed by atoms with Crippen molar-refractivity contribution in [3.8, 4) is 0 Å². The molecule has 0 aromatic heterocycles. The number of hydrogen-bond donors (Lipinski definition) is 0. The molecule has 2 aliphatic heterocycles. The number of piperidine rings is 1. The van der Waals surface area contributed by atoms with Gasteiger partial charge >= 0.3 is 0 Å².